The van der Waals surface area contributed by atoms with Gasteiger partial charge in [0.15, 0.2) is 5.96 Å². The van der Waals surface area contributed by atoms with Gasteiger partial charge in [-0.15, -0.1) is 35.3 Å². The first kappa shape index (κ1) is 22.2. The third-order valence-corrected chi connectivity index (χ3v) is 7.25. The lowest BCUT2D eigenvalue weighted by atomic mass is 9.95. The standard InChI is InChI=1S/C20H33N5OS.HI/c1-3-19-23-15(13-27-19)12-25-8-6-14(7-9-25)11-22-20(21-2)24-17-10-16-4-5-18(17)26-16;/h13-14,16-18H,3-12H2,1-2H3,(H2,21,22,24);1H. The van der Waals surface area contributed by atoms with Crippen LogP contribution >= 0.6 is 35.3 Å². The van der Waals surface area contributed by atoms with Crippen molar-refractivity contribution in [3.8, 4) is 0 Å². The Labute approximate surface area is 189 Å². The van der Waals surface area contributed by atoms with Gasteiger partial charge in [-0.3, -0.25) is 9.89 Å². The lowest BCUT2D eigenvalue weighted by molar-refractivity contribution is 0.0992. The number of hydrogen-bond acceptors (Lipinski definition) is 5. The first-order chi connectivity index (χ1) is 13.2. The maximum atomic E-state index is 5.94. The molecule has 8 heteroatoms. The number of fused-ring (bicyclic) bond motifs is 2. The third-order valence-electron chi connectivity index (χ3n) is 6.20. The Hall–Kier alpha value is -0.450. The van der Waals surface area contributed by atoms with Crippen molar-refractivity contribution in [2.45, 2.75) is 70.2 Å². The number of guanidine groups is 1. The molecule has 3 unspecified atom stereocenters. The molecule has 1 aromatic rings. The van der Waals surface area contributed by atoms with Gasteiger partial charge >= 0.3 is 0 Å². The van der Waals surface area contributed by atoms with Gasteiger partial charge < -0.3 is 15.4 Å². The largest absolute Gasteiger partial charge is 0.373 e. The van der Waals surface area contributed by atoms with Crippen LogP contribution in [0.2, 0.25) is 0 Å². The number of likely N-dealkylation sites (tertiary alicyclic amines) is 1. The molecule has 3 atom stereocenters. The second-order valence-electron chi connectivity index (χ2n) is 8.12. The zero-order valence-electron chi connectivity index (χ0n) is 17.0. The van der Waals surface area contributed by atoms with Crippen molar-refractivity contribution >= 4 is 41.3 Å². The second kappa shape index (κ2) is 10.5. The van der Waals surface area contributed by atoms with Crippen LogP contribution in [0.15, 0.2) is 10.4 Å². The molecule has 28 heavy (non-hydrogen) atoms. The van der Waals surface area contributed by atoms with Gasteiger partial charge in [-0.05, 0) is 57.5 Å². The fourth-order valence-corrected chi connectivity index (χ4v) is 5.30. The van der Waals surface area contributed by atoms with Crippen molar-refractivity contribution in [3.05, 3.63) is 16.1 Å². The van der Waals surface area contributed by atoms with Crippen LogP contribution in [-0.4, -0.2) is 60.8 Å². The number of hydrogen-bond donors (Lipinski definition) is 2. The van der Waals surface area contributed by atoms with Gasteiger partial charge in [0.2, 0.25) is 0 Å². The number of thiazole rings is 1. The maximum Gasteiger partial charge on any atom is 0.191 e. The van der Waals surface area contributed by atoms with Crippen LogP contribution in [0.25, 0.3) is 0 Å². The molecule has 1 aromatic heterocycles. The monoisotopic (exact) mass is 519 g/mol. The van der Waals surface area contributed by atoms with Gasteiger partial charge in [0, 0.05) is 25.5 Å². The molecule has 3 saturated heterocycles. The minimum Gasteiger partial charge on any atom is -0.373 e. The molecule has 0 amide bonds. The zero-order chi connectivity index (χ0) is 18.6. The first-order valence-corrected chi connectivity index (χ1v) is 11.4. The highest BCUT2D eigenvalue weighted by Gasteiger charge is 2.41. The molecule has 3 aliphatic heterocycles. The number of nitrogens with zero attached hydrogens (tertiary/aromatic N) is 3. The van der Waals surface area contributed by atoms with E-state index >= 15 is 0 Å². The normalized spacial score (nSPS) is 28.4. The van der Waals surface area contributed by atoms with E-state index < -0.39 is 0 Å². The Morgan fingerprint density at radius 2 is 2.14 bits per heavy atom. The second-order valence-corrected chi connectivity index (χ2v) is 9.06. The zero-order valence-corrected chi connectivity index (χ0v) is 20.2. The van der Waals surface area contributed by atoms with Crippen LogP contribution in [0.5, 0.6) is 0 Å². The highest BCUT2D eigenvalue weighted by atomic mass is 127. The van der Waals surface area contributed by atoms with Crippen molar-refractivity contribution in [2.75, 3.05) is 26.7 Å². The van der Waals surface area contributed by atoms with Gasteiger partial charge in [0.05, 0.1) is 29.0 Å². The maximum absolute atomic E-state index is 5.94. The van der Waals surface area contributed by atoms with E-state index in [1.54, 1.807) is 11.3 Å². The van der Waals surface area contributed by atoms with Gasteiger partial charge in [0.25, 0.3) is 0 Å². The van der Waals surface area contributed by atoms with Crippen LogP contribution in [0.3, 0.4) is 0 Å². The Morgan fingerprint density at radius 1 is 1.32 bits per heavy atom. The van der Waals surface area contributed by atoms with E-state index in [1.807, 2.05) is 7.05 Å². The minimum atomic E-state index is 0. The number of nitrogens with one attached hydrogen (secondary N) is 2. The number of ether oxygens (including phenoxy) is 1. The molecular formula is C20H34IN5OS. The van der Waals surface area contributed by atoms with Crippen LogP contribution in [0, 0.1) is 5.92 Å². The van der Waals surface area contributed by atoms with Gasteiger partial charge in [-0.25, -0.2) is 4.98 Å². The van der Waals surface area contributed by atoms with Crippen LogP contribution in [-0.2, 0) is 17.7 Å². The Morgan fingerprint density at radius 3 is 2.75 bits per heavy atom. The smallest absolute Gasteiger partial charge is 0.191 e. The summed E-state index contributed by atoms with van der Waals surface area (Å²) < 4.78 is 5.94. The molecule has 2 bridgehead atoms. The Bertz CT molecular complexity index is 646. The van der Waals surface area contributed by atoms with Crippen molar-refractivity contribution in [1.82, 2.24) is 20.5 Å². The summed E-state index contributed by atoms with van der Waals surface area (Å²) in [6, 6.07) is 0.433. The summed E-state index contributed by atoms with van der Waals surface area (Å²) in [5.74, 6) is 1.66. The molecule has 3 fully saturated rings. The summed E-state index contributed by atoms with van der Waals surface area (Å²) in [5, 5.41) is 10.6. The Kier molecular flexibility index (Phi) is 8.37. The van der Waals surface area contributed by atoms with E-state index in [9.17, 15) is 0 Å². The van der Waals surface area contributed by atoms with Crippen LogP contribution in [0.4, 0.5) is 0 Å². The highest BCUT2D eigenvalue weighted by Crippen LogP contribution is 2.34. The highest BCUT2D eigenvalue weighted by molar-refractivity contribution is 14.0. The molecule has 4 heterocycles. The number of aryl methyl sites for hydroxylation is 1. The lowest BCUT2D eigenvalue weighted by Gasteiger charge is -2.32. The van der Waals surface area contributed by atoms with E-state index in [-0.39, 0.29) is 24.0 Å². The van der Waals surface area contributed by atoms with Crippen molar-refractivity contribution in [1.29, 1.82) is 0 Å². The molecule has 6 nitrogen and oxygen atoms in total. The molecule has 0 aromatic carbocycles. The Balaban J connectivity index is 0.00000225. The summed E-state index contributed by atoms with van der Waals surface area (Å²) in [5.41, 5.74) is 1.24. The minimum absolute atomic E-state index is 0. The topological polar surface area (TPSA) is 61.8 Å². The molecule has 4 rings (SSSR count). The molecule has 0 saturated carbocycles. The van der Waals surface area contributed by atoms with Crippen LogP contribution in [0.1, 0.15) is 49.7 Å². The van der Waals surface area contributed by atoms with E-state index in [2.05, 4.69) is 32.8 Å². The predicted molar refractivity (Wildman–Crippen MR) is 126 cm³/mol. The van der Waals surface area contributed by atoms with Crippen molar-refractivity contribution < 1.29 is 4.74 Å². The SMILES string of the molecule is CCc1nc(CN2CCC(CNC(=NC)NC3CC4CCC3O4)CC2)cs1.I. The van der Waals surface area contributed by atoms with E-state index in [0.29, 0.717) is 18.2 Å². The quantitative estimate of drug-likeness (QED) is 0.344. The summed E-state index contributed by atoms with van der Waals surface area (Å²) in [7, 11) is 1.87. The number of aromatic nitrogens is 1. The number of aliphatic imine (C=N–C) groups is 1. The molecule has 0 spiro atoms. The molecule has 0 radical (unpaired) electrons. The number of piperidine rings is 1. The van der Waals surface area contributed by atoms with Gasteiger partial charge in [-0.1, -0.05) is 6.92 Å². The van der Waals surface area contributed by atoms with Gasteiger partial charge in [-0.2, -0.15) is 0 Å². The molecule has 3 aliphatic rings. The average molecular weight is 519 g/mol. The first-order valence-electron chi connectivity index (χ1n) is 10.5. The fourth-order valence-electron chi connectivity index (χ4n) is 4.56. The molecule has 158 valence electrons. The van der Waals surface area contributed by atoms with Crippen molar-refractivity contribution in [3.63, 3.8) is 0 Å². The summed E-state index contributed by atoms with van der Waals surface area (Å²) >= 11 is 1.79. The molecular weight excluding hydrogens is 485 g/mol. The number of rotatable bonds is 6. The summed E-state index contributed by atoms with van der Waals surface area (Å²) in [4.78, 5) is 11.7. The van der Waals surface area contributed by atoms with Crippen LogP contribution < -0.4 is 10.6 Å². The lowest BCUT2D eigenvalue weighted by Crippen LogP contribution is -2.49. The fraction of sp³-hybridized carbons (Fsp3) is 0.800. The van der Waals surface area contributed by atoms with E-state index in [4.69, 9.17) is 9.72 Å². The number of halogens is 1. The van der Waals surface area contributed by atoms with E-state index in [1.165, 1.54) is 36.4 Å². The van der Waals surface area contributed by atoms with Gasteiger partial charge in [0.1, 0.15) is 0 Å². The predicted octanol–water partition coefficient (Wildman–Crippen LogP) is 3.02. The third kappa shape index (κ3) is 5.58. The van der Waals surface area contributed by atoms with Crippen molar-refractivity contribution in [2.24, 2.45) is 10.9 Å². The van der Waals surface area contributed by atoms with E-state index in [0.717, 1.165) is 50.9 Å². The molecule has 2 N–H and O–H groups in total. The summed E-state index contributed by atoms with van der Waals surface area (Å²) in [6.45, 7) is 6.51. The molecule has 0 aliphatic carbocycles. The summed E-state index contributed by atoms with van der Waals surface area (Å²) in [6.07, 6.45) is 7.93. The average Bonchev–Trinajstić information content (AvgIpc) is 3.43.